The molecule has 2 heterocycles. The quantitative estimate of drug-likeness (QED) is 0.515. The molecular formula is C24H26ClN3O4S. The van der Waals surface area contributed by atoms with E-state index in [4.69, 9.17) is 16.0 Å². The molecule has 0 radical (unpaired) electrons. The molecule has 1 saturated heterocycles. The summed E-state index contributed by atoms with van der Waals surface area (Å²) >= 11 is 5.91. The first-order valence-corrected chi connectivity index (χ1v) is 12.8. The first-order valence-electron chi connectivity index (χ1n) is 10.9. The number of rotatable bonds is 8. The van der Waals surface area contributed by atoms with E-state index in [1.165, 1.54) is 4.31 Å². The first kappa shape index (κ1) is 23.5. The zero-order valence-electron chi connectivity index (χ0n) is 18.1. The van der Waals surface area contributed by atoms with Crippen LogP contribution in [0.5, 0.6) is 0 Å². The Morgan fingerprint density at radius 1 is 1.09 bits per heavy atom. The summed E-state index contributed by atoms with van der Waals surface area (Å²) in [7, 11) is -3.45. The van der Waals surface area contributed by atoms with Gasteiger partial charge in [-0.15, -0.1) is 0 Å². The van der Waals surface area contributed by atoms with Gasteiger partial charge in [-0.1, -0.05) is 29.8 Å². The number of nitrogens with one attached hydrogen (secondary N) is 1. The highest BCUT2D eigenvalue weighted by Gasteiger charge is 2.29. The molecule has 2 aromatic carbocycles. The van der Waals surface area contributed by atoms with E-state index in [-0.39, 0.29) is 18.2 Å². The van der Waals surface area contributed by atoms with Crippen LogP contribution in [0.4, 0.5) is 0 Å². The number of hydrogen-bond acceptors (Lipinski definition) is 5. The van der Waals surface area contributed by atoms with Crippen LogP contribution in [-0.2, 0) is 21.2 Å². The summed E-state index contributed by atoms with van der Waals surface area (Å²) in [5, 5.41) is 3.61. The van der Waals surface area contributed by atoms with E-state index in [1.54, 1.807) is 48.7 Å². The number of halogens is 1. The molecule has 1 N–H and O–H groups in total. The van der Waals surface area contributed by atoms with Crippen LogP contribution in [0.3, 0.4) is 0 Å². The fraction of sp³-hybridized carbons (Fsp3) is 0.333. The number of amides is 1. The lowest BCUT2D eigenvalue weighted by Gasteiger charge is -2.31. The van der Waals surface area contributed by atoms with E-state index in [9.17, 15) is 13.2 Å². The van der Waals surface area contributed by atoms with Crippen LogP contribution in [0.25, 0.3) is 11.3 Å². The lowest BCUT2D eigenvalue weighted by atomic mass is 9.98. The summed E-state index contributed by atoms with van der Waals surface area (Å²) in [4.78, 5) is 16.9. The van der Waals surface area contributed by atoms with Crippen LogP contribution in [0.2, 0.25) is 5.02 Å². The molecule has 4 rings (SSSR count). The Morgan fingerprint density at radius 3 is 2.48 bits per heavy atom. The van der Waals surface area contributed by atoms with Crippen molar-refractivity contribution in [3.8, 4) is 11.3 Å². The zero-order chi connectivity index (χ0) is 23.3. The van der Waals surface area contributed by atoms with E-state index in [0.29, 0.717) is 47.6 Å². The second kappa shape index (κ2) is 10.5. The van der Waals surface area contributed by atoms with Gasteiger partial charge in [-0.05, 0) is 55.2 Å². The number of aromatic nitrogens is 1. The zero-order valence-corrected chi connectivity index (χ0v) is 19.7. The maximum atomic E-state index is 12.7. The lowest BCUT2D eigenvalue weighted by Crippen LogP contribution is -2.41. The first-order chi connectivity index (χ1) is 15.9. The third kappa shape index (κ3) is 6.01. The molecule has 0 unspecified atom stereocenters. The molecule has 1 aromatic heterocycles. The van der Waals surface area contributed by atoms with Gasteiger partial charge in [0.05, 0.1) is 11.1 Å². The maximum Gasteiger partial charge on any atom is 0.243 e. The Hall–Kier alpha value is -2.68. The normalized spacial score (nSPS) is 15.4. The van der Waals surface area contributed by atoms with Crippen LogP contribution in [0, 0.1) is 5.92 Å². The second-order valence-electron chi connectivity index (χ2n) is 8.09. The van der Waals surface area contributed by atoms with Gasteiger partial charge in [-0.25, -0.2) is 13.4 Å². The van der Waals surface area contributed by atoms with E-state index < -0.39 is 10.0 Å². The highest BCUT2D eigenvalue weighted by molar-refractivity contribution is 7.89. The smallest absolute Gasteiger partial charge is 0.243 e. The van der Waals surface area contributed by atoms with Gasteiger partial charge in [-0.3, -0.25) is 4.79 Å². The van der Waals surface area contributed by atoms with Crippen molar-refractivity contribution in [3.63, 3.8) is 0 Å². The number of sulfonamides is 1. The molecule has 1 aliphatic heterocycles. The van der Waals surface area contributed by atoms with Crippen molar-refractivity contribution in [1.82, 2.24) is 14.6 Å². The van der Waals surface area contributed by atoms with Crippen LogP contribution in [0.15, 0.2) is 70.1 Å². The van der Waals surface area contributed by atoms with Crippen molar-refractivity contribution in [2.24, 2.45) is 5.92 Å². The molecule has 1 fully saturated rings. The predicted molar refractivity (Wildman–Crippen MR) is 126 cm³/mol. The predicted octanol–water partition coefficient (Wildman–Crippen LogP) is 4.14. The molecule has 0 spiro atoms. The van der Waals surface area contributed by atoms with Gasteiger partial charge in [0.2, 0.25) is 15.9 Å². The van der Waals surface area contributed by atoms with Crippen LogP contribution >= 0.6 is 11.6 Å². The Morgan fingerprint density at radius 2 is 1.79 bits per heavy atom. The highest BCUT2D eigenvalue weighted by atomic mass is 35.5. The minimum Gasteiger partial charge on any atom is -0.441 e. The topological polar surface area (TPSA) is 92.5 Å². The average molecular weight is 488 g/mol. The average Bonchev–Trinajstić information content (AvgIpc) is 3.32. The van der Waals surface area contributed by atoms with Crippen molar-refractivity contribution >= 4 is 27.5 Å². The summed E-state index contributed by atoms with van der Waals surface area (Å²) in [5.41, 5.74) is 0.878. The number of carbonyl (C=O) groups is 1. The number of oxazole rings is 1. The van der Waals surface area contributed by atoms with Gasteiger partial charge in [0, 0.05) is 43.1 Å². The van der Waals surface area contributed by atoms with Crippen LogP contribution in [0.1, 0.15) is 25.2 Å². The summed E-state index contributed by atoms with van der Waals surface area (Å²) < 4.78 is 32.7. The molecule has 174 valence electrons. The summed E-state index contributed by atoms with van der Waals surface area (Å²) in [6.45, 7) is 1.46. The van der Waals surface area contributed by atoms with Gasteiger partial charge in [0.15, 0.2) is 11.7 Å². The van der Waals surface area contributed by atoms with Crippen molar-refractivity contribution < 1.29 is 17.6 Å². The molecule has 0 bridgehead atoms. The molecule has 1 aliphatic rings. The minimum atomic E-state index is -3.45. The Labute approximate surface area is 198 Å². The SMILES string of the molecule is O=C(CCc1ncc(-c2ccc(Cl)cc2)o1)NCC1CCN(S(=O)(=O)c2ccccc2)CC1. The lowest BCUT2D eigenvalue weighted by molar-refractivity contribution is -0.121. The van der Waals surface area contributed by atoms with Gasteiger partial charge in [0.1, 0.15) is 0 Å². The minimum absolute atomic E-state index is 0.0689. The number of benzene rings is 2. The van der Waals surface area contributed by atoms with E-state index >= 15 is 0 Å². The fourth-order valence-corrected chi connectivity index (χ4v) is 5.45. The Balaban J connectivity index is 1.19. The maximum absolute atomic E-state index is 12.7. The monoisotopic (exact) mass is 487 g/mol. The van der Waals surface area contributed by atoms with Gasteiger partial charge >= 0.3 is 0 Å². The summed E-state index contributed by atoms with van der Waals surface area (Å²) in [6.07, 6.45) is 3.77. The number of aryl methyl sites for hydroxylation is 1. The fourth-order valence-electron chi connectivity index (χ4n) is 3.84. The molecule has 9 heteroatoms. The molecule has 3 aromatic rings. The van der Waals surface area contributed by atoms with E-state index in [0.717, 1.165) is 18.4 Å². The summed E-state index contributed by atoms with van der Waals surface area (Å²) in [5.74, 6) is 1.34. The molecule has 0 saturated carbocycles. The Kier molecular flexibility index (Phi) is 7.47. The van der Waals surface area contributed by atoms with E-state index in [1.807, 2.05) is 12.1 Å². The Bertz CT molecular complexity index is 1170. The van der Waals surface area contributed by atoms with Crippen LogP contribution < -0.4 is 5.32 Å². The molecule has 1 amide bonds. The molecule has 0 atom stereocenters. The van der Waals surface area contributed by atoms with Gasteiger partial charge < -0.3 is 9.73 Å². The van der Waals surface area contributed by atoms with Crippen molar-refractivity contribution in [2.45, 2.75) is 30.6 Å². The summed E-state index contributed by atoms with van der Waals surface area (Å²) in [6, 6.07) is 15.8. The third-order valence-electron chi connectivity index (χ3n) is 5.79. The van der Waals surface area contributed by atoms with Gasteiger partial charge in [-0.2, -0.15) is 4.31 Å². The van der Waals surface area contributed by atoms with Crippen molar-refractivity contribution in [3.05, 3.63) is 71.7 Å². The largest absolute Gasteiger partial charge is 0.441 e. The molecule has 0 aliphatic carbocycles. The highest BCUT2D eigenvalue weighted by Crippen LogP contribution is 2.24. The number of nitrogens with zero attached hydrogens (tertiary/aromatic N) is 2. The second-order valence-corrected chi connectivity index (χ2v) is 10.5. The van der Waals surface area contributed by atoms with E-state index in [2.05, 4.69) is 10.3 Å². The van der Waals surface area contributed by atoms with Crippen LogP contribution in [-0.4, -0.2) is 43.2 Å². The van der Waals surface area contributed by atoms with Gasteiger partial charge in [0.25, 0.3) is 0 Å². The van der Waals surface area contributed by atoms with Crippen molar-refractivity contribution in [1.29, 1.82) is 0 Å². The molecule has 33 heavy (non-hydrogen) atoms. The number of carbonyl (C=O) groups excluding carboxylic acids is 1. The molecule has 7 nitrogen and oxygen atoms in total. The number of piperidine rings is 1. The third-order valence-corrected chi connectivity index (χ3v) is 7.96. The molecular weight excluding hydrogens is 462 g/mol. The standard InChI is InChI=1S/C24H26ClN3O4S/c25-20-8-6-19(7-9-20)22-17-27-24(32-22)11-10-23(29)26-16-18-12-14-28(15-13-18)33(30,31)21-4-2-1-3-5-21/h1-9,17-18H,10-16H2,(H,26,29). The van der Waals surface area contributed by atoms with Crippen molar-refractivity contribution in [2.75, 3.05) is 19.6 Å². The number of hydrogen-bond donors (Lipinski definition) is 1.